The van der Waals surface area contributed by atoms with E-state index in [0.29, 0.717) is 13.0 Å². The van der Waals surface area contributed by atoms with Crippen molar-refractivity contribution in [1.82, 2.24) is 10.4 Å². The fourth-order valence-corrected chi connectivity index (χ4v) is 6.17. The van der Waals surface area contributed by atoms with E-state index in [1.165, 1.54) is 0 Å². The molecule has 0 amide bonds. The second kappa shape index (κ2) is 6.65. The molecule has 2 N–H and O–H groups in total. The van der Waals surface area contributed by atoms with E-state index in [9.17, 15) is 9.90 Å². The number of hydrogen-bond acceptors (Lipinski definition) is 7. The van der Waals surface area contributed by atoms with Gasteiger partial charge in [0.25, 0.3) is 0 Å². The highest BCUT2D eigenvalue weighted by molar-refractivity contribution is 6.22. The summed E-state index contributed by atoms with van der Waals surface area (Å²) in [5, 5.41) is 12.8. The molecule has 1 spiro atoms. The Bertz CT molecular complexity index is 580. The number of hydrogen-bond donors (Lipinski definition) is 2. The van der Waals surface area contributed by atoms with Crippen molar-refractivity contribution in [3.63, 3.8) is 0 Å². The molecule has 26 heavy (non-hydrogen) atoms. The van der Waals surface area contributed by atoms with E-state index in [-0.39, 0.29) is 35.9 Å². The number of aliphatic hydroxyl groups excluding tert-OH is 1. The summed E-state index contributed by atoms with van der Waals surface area (Å²) in [6, 6.07) is 0.159. The lowest BCUT2D eigenvalue weighted by atomic mass is 9.64. The molecule has 2 saturated heterocycles. The van der Waals surface area contributed by atoms with Crippen LogP contribution in [0, 0.1) is 17.8 Å². The van der Waals surface area contributed by atoms with Crippen LogP contribution >= 0.6 is 11.6 Å². The SMILES string of the molecule is COC1CC(OC)C2C(=O)[C@@]3(OC2C1Cl)C(O)C1CN(C)NC1C[C@H]3C. The maximum atomic E-state index is 13.6. The van der Waals surface area contributed by atoms with Gasteiger partial charge in [-0.05, 0) is 12.3 Å². The number of ketones is 1. The molecule has 2 heterocycles. The van der Waals surface area contributed by atoms with Crippen LogP contribution in [0.3, 0.4) is 0 Å². The van der Waals surface area contributed by atoms with Crippen molar-refractivity contribution < 1.29 is 24.1 Å². The first-order chi connectivity index (χ1) is 12.3. The predicted octanol–water partition coefficient (Wildman–Crippen LogP) is 0.186. The Labute approximate surface area is 159 Å². The number of alkyl halides is 1. The van der Waals surface area contributed by atoms with Crippen LogP contribution in [-0.2, 0) is 19.0 Å². The van der Waals surface area contributed by atoms with Gasteiger partial charge < -0.3 is 19.3 Å². The van der Waals surface area contributed by atoms with Gasteiger partial charge in [-0.1, -0.05) is 6.92 Å². The van der Waals surface area contributed by atoms with E-state index in [1.807, 2.05) is 19.0 Å². The molecule has 10 atom stereocenters. The molecule has 4 rings (SSSR count). The molecule has 148 valence electrons. The summed E-state index contributed by atoms with van der Waals surface area (Å²) >= 11 is 6.64. The van der Waals surface area contributed by atoms with Crippen LogP contribution in [0.25, 0.3) is 0 Å². The molecule has 0 aromatic heterocycles. The molecule has 0 radical (unpaired) electrons. The summed E-state index contributed by atoms with van der Waals surface area (Å²) in [4.78, 5) is 13.6. The molecule has 8 unspecified atom stereocenters. The number of hydrazine groups is 1. The summed E-state index contributed by atoms with van der Waals surface area (Å²) in [7, 11) is 5.18. The van der Waals surface area contributed by atoms with Crippen molar-refractivity contribution in [1.29, 1.82) is 0 Å². The molecular weight excluding hydrogens is 360 g/mol. The molecule has 0 bridgehead atoms. The van der Waals surface area contributed by atoms with E-state index < -0.39 is 29.1 Å². The predicted molar refractivity (Wildman–Crippen MR) is 94.8 cm³/mol. The molecule has 4 aliphatic rings. The van der Waals surface area contributed by atoms with Crippen molar-refractivity contribution in [2.24, 2.45) is 17.8 Å². The quantitative estimate of drug-likeness (QED) is 0.653. The molecule has 2 saturated carbocycles. The van der Waals surface area contributed by atoms with Gasteiger partial charge in [0.2, 0.25) is 0 Å². The lowest BCUT2D eigenvalue weighted by Gasteiger charge is -2.47. The average molecular weight is 389 g/mol. The number of methoxy groups -OCH3 is 2. The van der Waals surface area contributed by atoms with E-state index in [0.717, 1.165) is 6.42 Å². The van der Waals surface area contributed by atoms with Crippen molar-refractivity contribution in [3.8, 4) is 0 Å². The van der Waals surface area contributed by atoms with Crippen LogP contribution in [0.15, 0.2) is 0 Å². The van der Waals surface area contributed by atoms with Crippen molar-refractivity contribution in [2.75, 3.05) is 27.8 Å². The number of nitrogens with one attached hydrogen (secondary N) is 1. The first-order valence-electron chi connectivity index (χ1n) is 9.42. The zero-order chi connectivity index (χ0) is 18.8. The normalized spacial score (nSPS) is 54.5. The van der Waals surface area contributed by atoms with Gasteiger partial charge in [-0.15, -0.1) is 11.6 Å². The Balaban J connectivity index is 1.70. The van der Waals surface area contributed by atoms with Crippen molar-refractivity contribution in [3.05, 3.63) is 0 Å². The van der Waals surface area contributed by atoms with Gasteiger partial charge in [0.05, 0.1) is 35.7 Å². The second-order valence-corrected chi connectivity index (χ2v) is 8.86. The number of aliphatic hydroxyl groups is 1. The summed E-state index contributed by atoms with van der Waals surface area (Å²) < 4.78 is 17.5. The van der Waals surface area contributed by atoms with E-state index in [1.54, 1.807) is 14.2 Å². The van der Waals surface area contributed by atoms with Gasteiger partial charge in [-0.3, -0.25) is 10.2 Å². The minimum Gasteiger partial charge on any atom is -0.389 e. The molecular formula is C18H29ClN2O5. The average Bonchev–Trinajstić information content (AvgIpc) is 3.13. The number of carbonyl (C=O) groups excluding carboxylic acids is 1. The standard InChI is InChI=1S/C18H29ClN2O5/c1-8-5-10-9(7-21(2)20-10)16(22)18(8)17(23)13-11(24-3)6-12(25-4)14(19)15(13)26-18/h8-16,20,22H,5-7H2,1-4H3/t8-,9?,10?,11?,12?,13?,14?,15?,16?,18+/m1/s1. The topological polar surface area (TPSA) is 80.3 Å². The molecule has 0 aromatic carbocycles. The Morgan fingerprint density at radius 1 is 1.31 bits per heavy atom. The molecule has 0 aromatic rings. The van der Waals surface area contributed by atoms with E-state index in [4.69, 9.17) is 25.8 Å². The van der Waals surface area contributed by atoms with Crippen LogP contribution < -0.4 is 5.43 Å². The van der Waals surface area contributed by atoms with Crippen LogP contribution in [0.4, 0.5) is 0 Å². The Morgan fingerprint density at radius 3 is 2.65 bits per heavy atom. The third-order valence-electron chi connectivity index (χ3n) is 7.08. The van der Waals surface area contributed by atoms with Crippen LogP contribution in [0.1, 0.15) is 19.8 Å². The first-order valence-corrected chi connectivity index (χ1v) is 9.86. The zero-order valence-electron chi connectivity index (χ0n) is 15.7. The van der Waals surface area contributed by atoms with E-state index in [2.05, 4.69) is 5.43 Å². The third kappa shape index (κ3) is 2.45. The number of rotatable bonds is 2. The molecule has 8 heteroatoms. The van der Waals surface area contributed by atoms with Crippen LogP contribution in [-0.4, -0.2) is 85.1 Å². The number of carbonyl (C=O) groups is 1. The number of halogens is 1. The van der Waals surface area contributed by atoms with Crippen molar-refractivity contribution in [2.45, 2.75) is 61.2 Å². The summed E-state index contributed by atoms with van der Waals surface area (Å²) in [6.45, 7) is 2.68. The number of fused-ring (bicyclic) bond motifs is 2. The highest BCUT2D eigenvalue weighted by Crippen LogP contribution is 2.53. The monoisotopic (exact) mass is 388 g/mol. The van der Waals surface area contributed by atoms with Crippen molar-refractivity contribution >= 4 is 17.4 Å². The summed E-state index contributed by atoms with van der Waals surface area (Å²) in [5.41, 5.74) is 2.17. The third-order valence-corrected chi connectivity index (χ3v) is 7.61. The number of nitrogens with zero attached hydrogens (tertiary/aromatic N) is 1. The molecule has 7 nitrogen and oxygen atoms in total. The number of Topliss-reactive ketones (excluding diaryl/α,β-unsaturated/α-hetero) is 1. The lowest BCUT2D eigenvalue weighted by molar-refractivity contribution is -0.191. The second-order valence-electron chi connectivity index (χ2n) is 8.36. The Hall–Kier alpha value is -0.280. The van der Waals surface area contributed by atoms with Gasteiger partial charge >= 0.3 is 0 Å². The Kier molecular flexibility index (Phi) is 4.88. The minimum absolute atomic E-state index is 0.0479. The zero-order valence-corrected chi connectivity index (χ0v) is 16.5. The highest BCUT2D eigenvalue weighted by Gasteiger charge is 2.69. The highest BCUT2D eigenvalue weighted by atomic mass is 35.5. The van der Waals surface area contributed by atoms with Gasteiger partial charge in [0, 0.05) is 46.2 Å². The maximum absolute atomic E-state index is 13.6. The van der Waals surface area contributed by atoms with Crippen LogP contribution in [0.5, 0.6) is 0 Å². The van der Waals surface area contributed by atoms with Crippen LogP contribution in [0.2, 0.25) is 0 Å². The van der Waals surface area contributed by atoms with Gasteiger partial charge in [-0.25, -0.2) is 5.01 Å². The summed E-state index contributed by atoms with van der Waals surface area (Å²) in [6.07, 6.45) is -0.603. The fraction of sp³-hybridized carbons (Fsp3) is 0.944. The lowest BCUT2D eigenvalue weighted by Crippen LogP contribution is -2.63. The fourth-order valence-electron chi connectivity index (χ4n) is 5.76. The van der Waals surface area contributed by atoms with Gasteiger partial charge in [-0.2, -0.15) is 0 Å². The smallest absolute Gasteiger partial charge is 0.175 e. The number of ether oxygens (including phenoxy) is 3. The molecule has 2 aliphatic carbocycles. The summed E-state index contributed by atoms with van der Waals surface area (Å²) in [5.74, 6) is -0.677. The maximum Gasteiger partial charge on any atom is 0.175 e. The molecule has 4 fully saturated rings. The van der Waals surface area contributed by atoms with Gasteiger partial charge in [0.15, 0.2) is 11.4 Å². The largest absolute Gasteiger partial charge is 0.389 e. The Morgan fingerprint density at radius 2 is 2.00 bits per heavy atom. The first kappa shape index (κ1) is 19.1. The molecule has 2 aliphatic heterocycles. The van der Waals surface area contributed by atoms with E-state index >= 15 is 0 Å². The minimum atomic E-state index is -1.21. The van der Waals surface area contributed by atoms with Gasteiger partial charge in [0.1, 0.15) is 0 Å².